The Labute approximate surface area is 105 Å². The van der Waals surface area contributed by atoms with Crippen molar-refractivity contribution in [2.45, 2.75) is 20.8 Å². The Balaban J connectivity index is 0.000000771. The number of phenols is 1. The van der Waals surface area contributed by atoms with Crippen LogP contribution in [-0.4, -0.2) is 11.7 Å². The first-order valence-corrected chi connectivity index (χ1v) is 5.87. The van der Waals surface area contributed by atoms with E-state index >= 15 is 0 Å². The van der Waals surface area contributed by atoms with E-state index in [1.54, 1.807) is 19.1 Å². The molecule has 0 saturated heterocycles. The largest absolute Gasteiger partial charge is 0.505 e. The van der Waals surface area contributed by atoms with E-state index in [1.165, 1.54) is 12.1 Å². The molecule has 0 radical (unpaired) electrons. The first-order chi connectivity index (χ1) is 8.63. The molecule has 18 heavy (non-hydrogen) atoms. The third kappa shape index (κ3) is 2.70. The third-order valence-electron chi connectivity index (χ3n) is 2.28. The van der Waals surface area contributed by atoms with E-state index in [2.05, 4.69) is 0 Å². The second-order valence-electron chi connectivity index (χ2n) is 3.34. The van der Waals surface area contributed by atoms with Gasteiger partial charge in [0.1, 0.15) is 5.75 Å². The minimum Gasteiger partial charge on any atom is -0.505 e. The molecule has 98 valence electrons. The average molecular weight is 254 g/mol. The molecule has 0 aromatic heterocycles. The number of phenolic OH excluding ortho intramolecular Hbond substituents is 1. The molecule has 0 atom stereocenters. The summed E-state index contributed by atoms with van der Waals surface area (Å²) < 4.78 is 31.8. The zero-order chi connectivity index (χ0) is 13.7. The first-order valence-electron chi connectivity index (χ1n) is 5.87. The van der Waals surface area contributed by atoms with Crippen molar-refractivity contribution in [1.29, 1.82) is 0 Å². The predicted molar refractivity (Wildman–Crippen MR) is 68.0 cm³/mol. The van der Waals surface area contributed by atoms with E-state index in [0.717, 1.165) is 0 Å². The highest BCUT2D eigenvalue weighted by Crippen LogP contribution is 2.30. The number of hydrogen-bond donors (Lipinski definition) is 1. The van der Waals surface area contributed by atoms with Gasteiger partial charge in [-0.1, -0.05) is 19.9 Å². The van der Waals surface area contributed by atoms with Gasteiger partial charge in [0, 0.05) is 5.39 Å². The SMILES string of the molecule is CC.CCOc1ccc2cc(O)c(F)c(F)c2c1. The molecule has 0 amide bonds. The summed E-state index contributed by atoms with van der Waals surface area (Å²) in [5.74, 6) is -2.51. The summed E-state index contributed by atoms with van der Waals surface area (Å²) in [6.07, 6.45) is 0. The molecule has 0 spiro atoms. The summed E-state index contributed by atoms with van der Waals surface area (Å²) in [5, 5.41) is 9.65. The molecule has 2 aromatic rings. The number of benzene rings is 2. The van der Waals surface area contributed by atoms with Gasteiger partial charge in [-0.15, -0.1) is 0 Å². The molecule has 0 saturated carbocycles. The van der Waals surface area contributed by atoms with E-state index in [1.807, 2.05) is 13.8 Å². The summed E-state index contributed by atoms with van der Waals surface area (Å²) in [5.41, 5.74) is 0. The summed E-state index contributed by atoms with van der Waals surface area (Å²) in [7, 11) is 0. The van der Waals surface area contributed by atoms with Crippen LogP contribution in [0.2, 0.25) is 0 Å². The molecule has 1 N–H and O–H groups in total. The van der Waals surface area contributed by atoms with Gasteiger partial charge in [0.05, 0.1) is 6.61 Å². The standard InChI is InChI=1S/C12H10F2O2.C2H6/c1-2-16-8-4-3-7-5-10(15)12(14)11(13)9(7)6-8;1-2/h3-6,15H,2H2,1H3;1-2H3. The Morgan fingerprint density at radius 2 is 1.78 bits per heavy atom. The Hall–Kier alpha value is -1.84. The van der Waals surface area contributed by atoms with Gasteiger partial charge >= 0.3 is 0 Å². The zero-order valence-corrected chi connectivity index (χ0v) is 10.6. The third-order valence-corrected chi connectivity index (χ3v) is 2.28. The smallest absolute Gasteiger partial charge is 0.201 e. The average Bonchev–Trinajstić information content (AvgIpc) is 2.40. The van der Waals surface area contributed by atoms with E-state index in [4.69, 9.17) is 9.84 Å². The lowest BCUT2D eigenvalue weighted by Gasteiger charge is -2.06. The predicted octanol–water partition coefficient (Wildman–Crippen LogP) is 4.25. The van der Waals surface area contributed by atoms with Crippen LogP contribution in [0.25, 0.3) is 10.8 Å². The topological polar surface area (TPSA) is 29.5 Å². The van der Waals surface area contributed by atoms with Gasteiger partial charge in [0.25, 0.3) is 0 Å². The summed E-state index contributed by atoms with van der Waals surface area (Å²) in [6.45, 7) is 6.26. The van der Waals surface area contributed by atoms with Crippen LogP contribution in [0.5, 0.6) is 11.5 Å². The molecular weight excluding hydrogens is 238 g/mol. The van der Waals surface area contributed by atoms with Gasteiger partial charge in [0.15, 0.2) is 11.6 Å². The van der Waals surface area contributed by atoms with Crippen molar-refractivity contribution in [3.05, 3.63) is 35.9 Å². The van der Waals surface area contributed by atoms with Crippen molar-refractivity contribution in [2.24, 2.45) is 0 Å². The summed E-state index contributed by atoms with van der Waals surface area (Å²) in [4.78, 5) is 0. The molecule has 0 aliphatic carbocycles. The van der Waals surface area contributed by atoms with Gasteiger partial charge in [-0.05, 0) is 30.5 Å². The van der Waals surface area contributed by atoms with Crippen molar-refractivity contribution in [3.8, 4) is 11.5 Å². The molecule has 0 aliphatic rings. The zero-order valence-electron chi connectivity index (χ0n) is 10.6. The molecular formula is C14H16F2O2. The van der Waals surface area contributed by atoms with E-state index in [0.29, 0.717) is 17.7 Å². The quantitative estimate of drug-likeness (QED) is 0.868. The number of aromatic hydroxyl groups is 1. The molecule has 0 heterocycles. The van der Waals surface area contributed by atoms with E-state index in [9.17, 15) is 8.78 Å². The fourth-order valence-corrected chi connectivity index (χ4v) is 1.55. The minimum atomic E-state index is -1.24. The van der Waals surface area contributed by atoms with Crippen molar-refractivity contribution in [2.75, 3.05) is 6.61 Å². The van der Waals surface area contributed by atoms with Crippen LogP contribution < -0.4 is 4.74 Å². The molecule has 2 rings (SSSR count). The lowest BCUT2D eigenvalue weighted by molar-refractivity contribution is 0.340. The normalized spacial score (nSPS) is 9.83. The second kappa shape index (κ2) is 6.19. The Bertz CT molecular complexity index is 539. The Morgan fingerprint density at radius 1 is 1.11 bits per heavy atom. The lowest BCUT2D eigenvalue weighted by atomic mass is 10.1. The maximum absolute atomic E-state index is 13.5. The molecule has 0 bridgehead atoms. The number of hydrogen-bond acceptors (Lipinski definition) is 2. The lowest BCUT2D eigenvalue weighted by Crippen LogP contribution is -1.93. The molecule has 2 nitrogen and oxygen atoms in total. The number of rotatable bonds is 2. The first kappa shape index (κ1) is 14.2. The van der Waals surface area contributed by atoms with Crippen molar-refractivity contribution in [1.82, 2.24) is 0 Å². The molecule has 0 fully saturated rings. The monoisotopic (exact) mass is 254 g/mol. The van der Waals surface area contributed by atoms with Crippen LogP contribution in [-0.2, 0) is 0 Å². The summed E-state index contributed by atoms with van der Waals surface area (Å²) in [6, 6.07) is 5.81. The highest BCUT2D eigenvalue weighted by Gasteiger charge is 2.13. The molecule has 2 aromatic carbocycles. The number of halogens is 2. The van der Waals surface area contributed by atoms with Gasteiger partial charge in [0.2, 0.25) is 5.82 Å². The van der Waals surface area contributed by atoms with Gasteiger partial charge in [-0.2, -0.15) is 4.39 Å². The van der Waals surface area contributed by atoms with E-state index < -0.39 is 17.4 Å². The Kier molecular flexibility index (Phi) is 4.89. The van der Waals surface area contributed by atoms with Crippen LogP contribution >= 0.6 is 0 Å². The highest BCUT2D eigenvalue weighted by atomic mass is 19.2. The highest BCUT2D eigenvalue weighted by molar-refractivity contribution is 5.86. The van der Waals surface area contributed by atoms with Crippen LogP contribution in [0.3, 0.4) is 0 Å². The second-order valence-corrected chi connectivity index (χ2v) is 3.34. The minimum absolute atomic E-state index is 0.0984. The maximum Gasteiger partial charge on any atom is 0.201 e. The molecule has 0 unspecified atom stereocenters. The van der Waals surface area contributed by atoms with Crippen LogP contribution in [0, 0.1) is 11.6 Å². The van der Waals surface area contributed by atoms with Crippen LogP contribution in [0.1, 0.15) is 20.8 Å². The summed E-state index contributed by atoms with van der Waals surface area (Å²) >= 11 is 0. The van der Waals surface area contributed by atoms with Crippen molar-refractivity contribution >= 4 is 10.8 Å². The van der Waals surface area contributed by atoms with Gasteiger partial charge < -0.3 is 9.84 Å². The van der Waals surface area contributed by atoms with Gasteiger partial charge in [-0.25, -0.2) is 4.39 Å². The Morgan fingerprint density at radius 3 is 2.39 bits per heavy atom. The number of ether oxygens (including phenoxy) is 1. The van der Waals surface area contributed by atoms with Crippen LogP contribution in [0.15, 0.2) is 24.3 Å². The molecule has 4 heteroatoms. The van der Waals surface area contributed by atoms with Crippen molar-refractivity contribution < 1.29 is 18.6 Å². The van der Waals surface area contributed by atoms with Crippen LogP contribution in [0.4, 0.5) is 8.78 Å². The van der Waals surface area contributed by atoms with Crippen molar-refractivity contribution in [3.63, 3.8) is 0 Å². The van der Waals surface area contributed by atoms with Gasteiger partial charge in [-0.3, -0.25) is 0 Å². The maximum atomic E-state index is 13.5. The fourth-order valence-electron chi connectivity index (χ4n) is 1.55. The molecule has 0 aliphatic heterocycles. The fraction of sp³-hybridized carbons (Fsp3) is 0.286. The number of fused-ring (bicyclic) bond motifs is 1. The van der Waals surface area contributed by atoms with E-state index in [-0.39, 0.29) is 5.39 Å².